The summed E-state index contributed by atoms with van der Waals surface area (Å²) in [6.45, 7) is 0.868. The Morgan fingerprint density at radius 1 is 1.42 bits per heavy atom. The van der Waals surface area contributed by atoms with Gasteiger partial charge in [0.15, 0.2) is 0 Å². The summed E-state index contributed by atoms with van der Waals surface area (Å²) in [6.07, 6.45) is 4.26. The molecule has 0 aliphatic carbocycles. The first-order valence-corrected chi connectivity index (χ1v) is 7.39. The molecule has 1 unspecified atom stereocenters. The summed E-state index contributed by atoms with van der Waals surface area (Å²) in [6, 6.07) is 10.2. The zero-order valence-corrected chi connectivity index (χ0v) is 11.3. The maximum atomic E-state index is 9.24. The molecule has 1 aliphatic rings. The van der Waals surface area contributed by atoms with Crippen molar-refractivity contribution in [1.82, 2.24) is 4.98 Å². The minimum atomic E-state index is 0.323. The number of nitrogens with zero attached hydrogens (tertiary/aromatic N) is 2. The van der Waals surface area contributed by atoms with E-state index in [4.69, 9.17) is 4.74 Å². The third-order valence-electron chi connectivity index (χ3n) is 3.28. The third-order valence-corrected chi connectivity index (χ3v) is 4.55. The third kappa shape index (κ3) is 2.58. The number of pyridine rings is 1. The SMILES string of the molecule is N#Cc1cnc2ccccc2c1SCC1CCCO1. The second-order valence-corrected chi connectivity index (χ2v) is 5.61. The van der Waals surface area contributed by atoms with Gasteiger partial charge in [0.05, 0.1) is 17.2 Å². The van der Waals surface area contributed by atoms with E-state index in [9.17, 15) is 5.26 Å². The zero-order chi connectivity index (χ0) is 13.1. The van der Waals surface area contributed by atoms with Gasteiger partial charge in [-0.2, -0.15) is 5.26 Å². The lowest BCUT2D eigenvalue weighted by Crippen LogP contribution is -2.08. The molecule has 4 heteroatoms. The monoisotopic (exact) mass is 270 g/mol. The number of aromatic nitrogens is 1. The lowest BCUT2D eigenvalue weighted by Gasteiger charge is -2.11. The van der Waals surface area contributed by atoms with Crippen LogP contribution >= 0.6 is 11.8 Å². The molecule has 0 radical (unpaired) electrons. The van der Waals surface area contributed by atoms with Crippen molar-refractivity contribution in [3.05, 3.63) is 36.0 Å². The molecule has 2 aromatic rings. The molecule has 3 nitrogen and oxygen atoms in total. The van der Waals surface area contributed by atoms with Gasteiger partial charge in [0.1, 0.15) is 6.07 Å². The van der Waals surface area contributed by atoms with Crippen molar-refractivity contribution in [3.8, 4) is 6.07 Å². The predicted octanol–water partition coefficient (Wildman–Crippen LogP) is 3.38. The first-order valence-electron chi connectivity index (χ1n) is 6.41. The number of fused-ring (bicyclic) bond motifs is 1. The van der Waals surface area contributed by atoms with Crippen LogP contribution in [0.2, 0.25) is 0 Å². The van der Waals surface area contributed by atoms with E-state index < -0.39 is 0 Å². The van der Waals surface area contributed by atoms with E-state index in [1.54, 1.807) is 18.0 Å². The maximum Gasteiger partial charge on any atom is 0.102 e. The van der Waals surface area contributed by atoms with Crippen molar-refractivity contribution in [1.29, 1.82) is 5.26 Å². The Bertz CT molecular complexity index is 630. The summed E-state index contributed by atoms with van der Waals surface area (Å²) >= 11 is 1.71. The molecule has 0 N–H and O–H groups in total. The fourth-order valence-electron chi connectivity index (χ4n) is 2.30. The molecule has 0 saturated carbocycles. The van der Waals surface area contributed by atoms with Crippen molar-refractivity contribution in [2.75, 3.05) is 12.4 Å². The van der Waals surface area contributed by atoms with Crippen LogP contribution in [0, 0.1) is 11.3 Å². The molecular weight excluding hydrogens is 256 g/mol. The quantitative estimate of drug-likeness (QED) is 0.802. The molecule has 1 saturated heterocycles. The van der Waals surface area contributed by atoms with Gasteiger partial charge in [-0.3, -0.25) is 4.98 Å². The van der Waals surface area contributed by atoms with Crippen molar-refractivity contribution in [2.24, 2.45) is 0 Å². The number of benzene rings is 1. The second kappa shape index (κ2) is 5.60. The molecule has 0 spiro atoms. The zero-order valence-electron chi connectivity index (χ0n) is 10.5. The Hall–Kier alpha value is -1.57. The van der Waals surface area contributed by atoms with Crippen LogP contribution in [0.4, 0.5) is 0 Å². The molecule has 1 aliphatic heterocycles. The Morgan fingerprint density at radius 2 is 2.32 bits per heavy atom. The summed E-state index contributed by atoms with van der Waals surface area (Å²) in [7, 11) is 0. The smallest absolute Gasteiger partial charge is 0.102 e. The average Bonchev–Trinajstić information content (AvgIpc) is 2.97. The second-order valence-electron chi connectivity index (χ2n) is 4.58. The van der Waals surface area contributed by atoms with E-state index in [2.05, 4.69) is 11.1 Å². The Balaban J connectivity index is 1.93. The lowest BCUT2D eigenvalue weighted by atomic mass is 10.2. The van der Waals surface area contributed by atoms with E-state index in [0.717, 1.165) is 41.0 Å². The number of hydrogen-bond donors (Lipinski definition) is 0. The first-order chi connectivity index (χ1) is 9.38. The largest absolute Gasteiger partial charge is 0.377 e. The number of hydrogen-bond acceptors (Lipinski definition) is 4. The highest BCUT2D eigenvalue weighted by Crippen LogP contribution is 2.32. The summed E-state index contributed by atoms with van der Waals surface area (Å²) in [5, 5.41) is 10.3. The summed E-state index contributed by atoms with van der Waals surface area (Å²) in [5.74, 6) is 0.905. The van der Waals surface area contributed by atoms with E-state index in [0.29, 0.717) is 11.7 Å². The fraction of sp³-hybridized carbons (Fsp3) is 0.333. The van der Waals surface area contributed by atoms with Crippen LogP contribution in [-0.2, 0) is 4.74 Å². The van der Waals surface area contributed by atoms with Crippen LogP contribution in [0.1, 0.15) is 18.4 Å². The Kier molecular flexibility index (Phi) is 3.67. The van der Waals surface area contributed by atoms with Gasteiger partial charge in [-0.15, -0.1) is 11.8 Å². The Morgan fingerprint density at radius 3 is 3.11 bits per heavy atom. The summed E-state index contributed by atoms with van der Waals surface area (Å²) in [4.78, 5) is 5.36. The molecule has 1 atom stereocenters. The van der Waals surface area contributed by atoms with Crippen LogP contribution in [0.5, 0.6) is 0 Å². The average molecular weight is 270 g/mol. The topological polar surface area (TPSA) is 45.9 Å². The highest BCUT2D eigenvalue weighted by atomic mass is 32.2. The standard InChI is InChI=1S/C15H14N2OS/c16-8-11-9-17-14-6-2-1-5-13(14)15(11)19-10-12-4-3-7-18-12/h1-2,5-6,9,12H,3-4,7,10H2. The van der Waals surface area contributed by atoms with Gasteiger partial charge in [-0.1, -0.05) is 18.2 Å². The van der Waals surface area contributed by atoms with Crippen molar-refractivity contribution < 1.29 is 4.74 Å². The predicted molar refractivity (Wildman–Crippen MR) is 76.2 cm³/mol. The molecule has 2 heterocycles. The van der Waals surface area contributed by atoms with Gasteiger partial charge in [0, 0.05) is 28.8 Å². The molecule has 1 fully saturated rings. The molecule has 1 aromatic heterocycles. The van der Waals surface area contributed by atoms with Crippen molar-refractivity contribution in [3.63, 3.8) is 0 Å². The van der Waals surface area contributed by atoms with Gasteiger partial charge in [0.2, 0.25) is 0 Å². The molecule has 3 rings (SSSR count). The lowest BCUT2D eigenvalue weighted by molar-refractivity contribution is 0.129. The van der Waals surface area contributed by atoms with E-state index in [-0.39, 0.29) is 0 Å². The van der Waals surface area contributed by atoms with Crippen LogP contribution in [0.15, 0.2) is 35.4 Å². The number of nitriles is 1. The van der Waals surface area contributed by atoms with Gasteiger partial charge >= 0.3 is 0 Å². The summed E-state index contributed by atoms with van der Waals surface area (Å²) in [5.41, 5.74) is 1.60. The van der Waals surface area contributed by atoms with Gasteiger partial charge in [-0.05, 0) is 18.9 Å². The molecule has 0 amide bonds. The van der Waals surface area contributed by atoms with Crippen LogP contribution in [0.3, 0.4) is 0 Å². The molecule has 19 heavy (non-hydrogen) atoms. The van der Waals surface area contributed by atoms with Crippen LogP contribution in [-0.4, -0.2) is 23.4 Å². The van der Waals surface area contributed by atoms with Crippen LogP contribution < -0.4 is 0 Å². The number of ether oxygens (including phenoxy) is 1. The first kappa shape index (κ1) is 12.5. The van der Waals surface area contributed by atoms with Gasteiger partial charge in [-0.25, -0.2) is 0 Å². The van der Waals surface area contributed by atoms with Crippen molar-refractivity contribution >= 4 is 22.7 Å². The van der Waals surface area contributed by atoms with E-state index in [1.165, 1.54) is 0 Å². The Labute approximate surface area is 116 Å². The van der Waals surface area contributed by atoms with Crippen LogP contribution in [0.25, 0.3) is 10.9 Å². The minimum Gasteiger partial charge on any atom is -0.377 e. The fourth-order valence-corrected chi connectivity index (χ4v) is 3.50. The van der Waals surface area contributed by atoms with Gasteiger partial charge in [0.25, 0.3) is 0 Å². The molecule has 96 valence electrons. The molecule has 1 aromatic carbocycles. The molecular formula is C15H14N2OS. The van der Waals surface area contributed by atoms with E-state index in [1.807, 2.05) is 24.3 Å². The van der Waals surface area contributed by atoms with Gasteiger partial charge < -0.3 is 4.74 Å². The number of rotatable bonds is 3. The van der Waals surface area contributed by atoms with E-state index >= 15 is 0 Å². The number of para-hydroxylation sites is 1. The highest BCUT2D eigenvalue weighted by molar-refractivity contribution is 7.99. The van der Waals surface area contributed by atoms with Crippen molar-refractivity contribution in [2.45, 2.75) is 23.8 Å². The highest BCUT2D eigenvalue weighted by Gasteiger charge is 2.17. The normalized spacial score (nSPS) is 18.6. The minimum absolute atomic E-state index is 0.323. The molecule has 0 bridgehead atoms. The summed E-state index contributed by atoms with van der Waals surface area (Å²) < 4.78 is 5.64. The maximum absolute atomic E-state index is 9.24. The number of thioether (sulfide) groups is 1.